The standard InChI is InChI=1S/C15H28N2O3/c1-9-10-11(18)16(8)12(14(2,3)4)17(10)13(19)20-15(5,6)7/h10,12H,9H2,1-8H3/t10-,12-/m0/s1. The third kappa shape index (κ3) is 3.25. The van der Waals surface area contributed by atoms with Crippen LogP contribution >= 0.6 is 0 Å². The Morgan fingerprint density at radius 1 is 1.20 bits per heavy atom. The van der Waals surface area contributed by atoms with Crippen LogP contribution in [0.15, 0.2) is 0 Å². The molecule has 0 N–H and O–H groups in total. The van der Waals surface area contributed by atoms with Gasteiger partial charge in [0.2, 0.25) is 5.91 Å². The van der Waals surface area contributed by atoms with Crippen LogP contribution in [-0.2, 0) is 9.53 Å². The molecule has 0 aromatic carbocycles. The quantitative estimate of drug-likeness (QED) is 0.744. The number of amides is 2. The molecule has 1 rings (SSSR count). The molecule has 1 fully saturated rings. The smallest absolute Gasteiger partial charge is 0.412 e. The van der Waals surface area contributed by atoms with E-state index in [-0.39, 0.29) is 17.5 Å². The molecule has 116 valence electrons. The van der Waals surface area contributed by atoms with Gasteiger partial charge in [-0.05, 0) is 27.2 Å². The summed E-state index contributed by atoms with van der Waals surface area (Å²) in [6.07, 6.45) is -0.105. The molecule has 1 heterocycles. The zero-order valence-corrected chi connectivity index (χ0v) is 14.0. The van der Waals surface area contributed by atoms with E-state index in [0.717, 1.165) is 0 Å². The highest BCUT2D eigenvalue weighted by molar-refractivity contribution is 5.89. The van der Waals surface area contributed by atoms with Gasteiger partial charge < -0.3 is 9.64 Å². The van der Waals surface area contributed by atoms with Gasteiger partial charge in [-0.2, -0.15) is 0 Å². The van der Waals surface area contributed by atoms with Crippen molar-refractivity contribution in [2.24, 2.45) is 5.41 Å². The third-order valence-corrected chi connectivity index (χ3v) is 3.36. The van der Waals surface area contributed by atoms with Crippen LogP contribution in [0, 0.1) is 5.41 Å². The van der Waals surface area contributed by atoms with Crippen molar-refractivity contribution in [2.45, 2.75) is 72.7 Å². The molecule has 2 atom stereocenters. The van der Waals surface area contributed by atoms with Gasteiger partial charge in [-0.25, -0.2) is 4.79 Å². The number of hydrogen-bond acceptors (Lipinski definition) is 3. The lowest BCUT2D eigenvalue weighted by atomic mass is 9.91. The van der Waals surface area contributed by atoms with Crippen molar-refractivity contribution in [1.82, 2.24) is 9.80 Å². The van der Waals surface area contributed by atoms with Crippen LogP contribution in [-0.4, -0.2) is 46.7 Å². The van der Waals surface area contributed by atoms with Gasteiger partial charge in [-0.1, -0.05) is 27.7 Å². The van der Waals surface area contributed by atoms with Crippen LogP contribution in [0.5, 0.6) is 0 Å². The van der Waals surface area contributed by atoms with E-state index in [9.17, 15) is 9.59 Å². The Labute approximate surface area is 122 Å². The van der Waals surface area contributed by atoms with Crippen LogP contribution in [0.1, 0.15) is 54.9 Å². The van der Waals surface area contributed by atoms with Crippen LogP contribution in [0.4, 0.5) is 4.79 Å². The van der Waals surface area contributed by atoms with Crippen molar-refractivity contribution in [3.05, 3.63) is 0 Å². The van der Waals surface area contributed by atoms with Crippen molar-refractivity contribution in [2.75, 3.05) is 7.05 Å². The van der Waals surface area contributed by atoms with E-state index in [2.05, 4.69) is 0 Å². The summed E-state index contributed by atoms with van der Waals surface area (Å²) in [6, 6.07) is -0.431. The summed E-state index contributed by atoms with van der Waals surface area (Å²) in [5.41, 5.74) is -0.798. The number of likely N-dealkylation sites (N-methyl/N-ethyl adjacent to an activating group) is 1. The van der Waals surface area contributed by atoms with Gasteiger partial charge in [0.15, 0.2) is 0 Å². The minimum atomic E-state index is -0.567. The predicted octanol–water partition coefficient (Wildman–Crippen LogP) is 2.85. The molecule has 2 amide bonds. The summed E-state index contributed by atoms with van der Waals surface area (Å²) in [6.45, 7) is 13.5. The van der Waals surface area contributed by atoms with E-state index in [1.165, 1.54) is 0 Å². The molecule has 0 aliphatic carbocycles. The van der Waals surface area contributed by atoms with E-state index in [4.69, 9.17) is 4.74 Å². The van der Waals surface area contributed by atoms with Gasteiger partial charge in [0.1, 0.15) is 17.8 Å². The van der Waals surface area contributed by atoms with Crippen LogP contribution in [0.2, 0.25) is 0 Å². The lowest BCUT2D eigenvalue weighted by Gasteiger charge is -2.39. The zero-order valence-electron chi connectivity index (χ0n) is 14.0. The highest BCUT2D eigenvalue weighted by Gasteiger charge is 2.51. The van der Waals surface area contributed by atoms with Crippen molar-refractivity contribution >= 4 is 12.0 Å². The molecular weight excluding hydrogens is 256 g/mol. The molecule has 0 radical (unpaired) electrons. The number of hydrogen-bond donors (Lipinski definition) is 0. The topological polar surface area (TPSA) is 49.9 Å². The number of nitrogens with zero attached hydrogens (tertiary/aromatic N) is 2. The van der Waals surface area contributed by atoms with Crippen LogP contribution in [0.3, 0.4) is 0 Å². The zero-order chi connectivity index (χ0) is 15.9. The van der Waals surface area contributed by atoms with Crippen molar-refractivity contribution in [3.8, 4) is 0 Å². The minimum absolute atomic E-state index is 0.0155. The Morgan fingerprint density at radius 3 is 2.05 bits per heavy atom. The van der Waals surface area contributed by atoms with E-state index in [0.29, 0.717) is 6.42 Å². The predicted molar refractivity (Wildman–Crippen MR) is 78.2 cm³/mol. The average molecular weight is 284 g/mol. The first-order valence-electron chi connectivity index (χ1n) is 7.18. The molecule has 0 saturated carbocycles. The summed E-state index contributed by atoms with van der Waals surface area (Å²) in [5, 5.41) is 0. The number of rotatable bonds is 1. The first kappa shape index (κ1) is 16.8. The molecule has 0 aromatic rings. The Morgan fingerprint density at radius 2 is 1.70 bits per heavy atom. The molecule has 1 aliphatic rings. The van der Waals surface area contributed by atoms with Gasteiger partial charge in [-0.3, -0.25) is 9.69 Å². The Hall–Kier alpha value is -1.26. The summed E-state index contributed by atoms with van der Waals surface area (Å²) >= 11 is 0. The number of carbonyl (C=O) groups excluding carboxylic acids is 2. The number of ether oxygens (including phenoxy) is 1. The first-order valence-corrected chi connectivity index (χ1v) is 7.18. The molecular formula is C15H28N2O3. The summed E-state index contributed by atoms with van der Waals surface area (Å²) in [7, 11) is 1.76. The maximum atomic E-state index is 12.5. The Kier molecular flexibility index (Phi) is 4.42. The first-order chi connectivity index (χ1) is 8.90. The van der Waals surface area contributed by atoms with Gasteiger partial charge in [0.05, 0.1) is 0 Å². The second-order valence-corrected chi connectivity index (χ2v) is 7.50. The van der Waals surface area contributed by atoms with Crippen LogP contribution in [0.25, 0.3) is 0 Å². The summed E-state index contributed by atoms with van der Waals surface area (Å²) in [4.78, 5) is 28.1. The third-order valence-electron chi connectivity index (χ3n) is 3.36. The molecule has 5 nitrogen and oxygen atoms in total. The van der Waals surface area contributed by atoms with Gasteiger partial charge in [0, 0.05) is 12.5 Å². The molecule has 20 heavy (non-hydrogen) atoms. The average Bonchev–Trinajstić information content (AvgIpc) is 2.48. The monoisotopic (exact) mass is 284 g/mol. The van der Waals surface area contributed by atoms with E-state index >= 15 is 0 Å². The van der Waals surface area contributed by atoms with Gasteiger partial charge >= 0.3 is 6.09 Å². The fraction of sp³-hybridized carbons (Fsp3) is 0.867. The maximum absolute atomic E-state index is 12.5. The van der Waals surface area contributed by atoms with Gasteiger partial charge in [-0.15, -0.1) is 0 Å². The minimum Gasteiger partial charge on any atom is -0.444 e. The highest BCUT2D eigenvalue weighted by Crippen LogP contribution is 2.35. The Bertz CT molecular complexity index is 393. The molecule has 1 aliphatic heterocycles. The molecule has 0 bridgehead atoms. The second kappa shape index (κ2) is 5.26. The van der Waals surface area contributed by atoms with Crippen molar-refractivity contribution in [1.29, 1.82) is 0 Å². The SMILES string of the molecule is CC[C@H]1C(=O)N(C)[C@H](C(C)(C)C)N1C(=O)OC(C)(C)C. The largest absolute Gasteiger partial charge is 0.444 e. The second-order valence-electron chi connectivity index (χ2n) is 7.50. The number of carbonyl (C=O) groups is 2. The molecule has 0 unspecified atom stereocenters. The molecule has 0 aromatic heterocycles. The fourth-order valence-corrected chi connectivity index (χ4v) is 2.74. The summed E-state index contributed by atoms with van der Waals surface area (Å²) in [5.74, 6) is -0.0155. The molecule has 5 heteroatoms. The lowest BCUT2D eigenvalue weighted by molar-refractivity contribution is -0.129. The fourth-order valence-electron chi connectivity index (χ4n) is 2.74. The lowest BCUT2D eigenvalue weighted by Crippen LogP contribution is -2.52. The highest BCUT2D eigenvalue weighted by atomic mass is 16.6. The summed E-state index contributed by atoms with van der Waals surface area (Å²) < 4.78 is 5.48. The van der Waals surface area contributed by atoms with E-state index < -0.39 is 17.7 Å². The maximum Gasteiger partial charge on any atom is 0.412 e. The van der Waals surface area contributed by atoms with Crippen molar-refractivity contribution < 1.29 is 14.3 Å². The molecule has 1 saturated heterocycles. The van der Waals surface area contributed by atoms with Crippen molar-refractivity contribution in [3.63, 3.8) is 0 Å². The van der Waals surface area contributed by atoms with Gasteiger partial charge in [0.25, 0.3) is 0 Å². The Balaban J connectivity index is 3.15. The van der Waals surface area contributed by atoms with Crippen LogP contribution < -0.4 is 0 Å². The van der Waals surface area contributed by atoms with E-state index in [1.807, 2.05) is 48.5 Å². The normalized spacial score (nSPS) is 24.3. The molecule has 0 spiro atoms. The van der Waals surface area contributed by atoms with E-state index in [1.54, 1.807) is 16.8 Å².